The van der Waals surface area contributed by atoms with E-state index in [-0.39, 0.29) is 30.3 Å². The zero-order valence-corrected chi connectivity index (χ0v) is 16.3. The number of hydrogen-bond acceptors (Lipinski definition) is 4. The van der Waals surface area contributed by atoms with Crippen molar-refractivity contribution in [1.29, 1.82) is 0 Å². The molecule has 7 heteroatoms. The van der Waals surface area contributed by atoms with Gasteiger partial charge in [0, 0.05) is 35.1 Å². The molecule has 0 saturated carbocycles. The molecule has 4 N–H and O–H groups in total. The van der Waals surface area contributed by atoms with Crippen molar-refractivity contribution in [1.82, 2.24) is 5.32 Å². The van der Waals surface area contributed by atoms with Crippen molar-refractivity contribution >= 4 is 34.8 Å². The Kier molecular flexibility index (Phi) is 7.56. The van der Waals surface area contributed by atoms with E-state index in [4.69, 9.17) is 0 Å². The average Bonchev–Trinajstić information content (AvgIpc) is 2.67. The van der Waals surface area contributed by atoms with Crippen LogP contribution >= 0.6 is 0 Å². The number of nitrogens with one attached hydrogen (secondary N) is 4. The molecule has 0 fully saturated rings. The third kappa shape index (κ3) is 6.75. The van der Waals surface area contributed by atoms with E-state index in [0.29, 0.717) is 23.4 Å². The number of benzene rings is 2. The van der Waals surface area contributed by atoms with E-state index in [1.165, 1.54) is 0 Å². The summed E-state index contributed by atoms with van der Waals surface area (Å²) in [6, 6.07) is 13.9. The van der Waals surface area contributed by atoms with Gasteiger partial charge in [-0.1, -0.05) is 6.92 Å². The van der Waals surface area contributed by atoms with Crippen molar-refractivity contribution in [2.24, 2.45) is 0 Å². The Bertz CT molecular complexity index is 815. The molecule has 2 aromatic rings. The first kappa shape index (κ1) is 21.0. The molecule has 0 aliphatic rings. The van der Waals surface area contributed by atoms with Gasteiger partial charge in [-0.3, -0.25) is 14.4 Å². The molecule has 3 amide bonds. The van der Waals surface area contributed by atoms with Crippen LogP contribution in [0.15, 0.2) is 48.5 Å². The van der Waals surface area contributed by atoms with Crippen LogP contribution in [0, 0.1) is 0 Å². The van der Waals surface area contributed by atoms with Crippen LogP contribution in [0.1, 0.15) is 37.6 Å². The molecule has 0 heterocycles. The van der Waals surface area contributed by atoms with E-state index in [2.05, 4.69) is 21.3 Å². The molecular weight excluding hydrogens is 356 g/mol. The second-order valence-electron chi connectivity index (χ2n) is 6.59. The largest absolute Gasteiger partial charge is 0.376 e. The summed E-state index contributed by atoms with van der Waals surface area (Å²) in [7, 11) is 0. The second-order valence-corrected chi connectivity index (χ2v) is 6.59. The van der Waals surface area contributed by atoms with E-state index in [0.717, 1.165) is 5.69 Å². The van der Waals surface area contributed by atoms with Crippen LogP contribution in [-0.2, 0) is 9.59 Å². The zero-order chi connectivity index (χ0) is 20.5. The predicted molar refractivity (Wildman–Crippen MR) is 112 cm³/mol. The lowest BCUT2D eigenvalue weighted by molar-refractivity contribution is -0.116. The smallest absolute Gasteiger partial charge is 0.251 e. The Morgan fingerprint density at radius 3 is 1.82 bits per heavy atom. The summed E-state index contributed by atoms with van der Waals surface area (Å²) in [6.07, 6.45) is 0.420. The van der Waals surface area contributed by atoms with Gasteiger partial charge >= 0.3 is 0 Å². The highest BCUT2D eigenvalue weighted by molar-refractivity contribution is 5.97. The number of carbonyl (C=O) groups excluding carboxylic acids is 3. The number of carbonyl (C=O) groups is 3. The van der Waals surface area contributed by atoms with E-state index in [9.17, 15) is 14.4 Å². The topological polar surface area (TPSA) is 99.3 Å². The molecule has 0 saturated heterocycles. The molecule has 0 aliphatic heterocycles. The SMILES string of the molecule is CCC(=O)Nc1ccc(NCC(=O)Nc2ccc(C(=O)NC(C)C)cc2)cc1. The number of hydrogen-bond donors (Lipinski definition) is 4. The summed E-state index contributed by atoms with van der Waals surface area (Å²) >= 11 is 0. The molecule has 2 rings (SSSR count). The van der Waals surface area contributed by atoms with Crippen LogP contribution in [-0.4, -0.2) is 30.3 Å². The molecule has 7 nitrogen and oxygen atoms in total. The van der Waals surface area contributed by atoms with Crippen LogP contribution in [0.25, 0.3) is 0 Å². The Morgan fingerprint density at radius 1 is 0.786 bits per heavy atom. The maximum absolute atomic E-state index is 12.1. The Hall–Kier alpha value is -3.35. The van der Waals surface area contributed by atoms with E-state index in [1.807, 2.05) is 13.8 Å². The highest BCUT2D eigenvalue weighted by atomic mass is 16.2. The molecule has 148 valence electrons. The minimum absolute atomic E-state index is 0.0483. The summed E-state index contributed by atoms with van der Waals surface area (Å²) in [5.74, 6) is -0.399. The first-order valence-corrected chi connectivity index (χ1v) is 9.22. The molecule has 0 unspecified atom stereocenters. The van der Waals surface area contributed by atoms with Gasteiger partial charge in [-0.2, -0.15) is 0 Å². The number of anilines is 3. The van der Waals surface area contributed by atoms with Crippen molar-refractivity contribution in [2.75, 3.05) is 22.5 Å². The summed E-state index contributed by atoms with van der Waals surface area (Å²) in [5, 5.41) is 11.4. The predicted octanol–water partition coefficient (Wildman–Crippen LogP) is 3.22. The molecule has 0 aromatic heterocycles. The van der Waals surface area contributed by atoms with E-state index >= 15 is 0 Å². The Labute approximate surface area is 164 Å². The molecule has 2 aromatic carbocycles. The Morgan fingerprint density at radius 2 is 1.29 bits per heavy atom. The minimum atomic E-state index is -0.206. The maximum atomic E-state index is 12.1. The number of rotatable bonds is 8. The summed E-state index contributed by atoms with van der Waals surface area (Å²) in [6.45, 7) is 5.68. The van der Waals surface area contributed by atoms with E-state index < -0.39 is 0 Å². The van der Waals surface area contributed by atoms with Gasteiger partial charge in [0.25, 0.3) is 5.91 Å². The van der Waals surface area contributed by atoms with Gasteiger partial charge in [0.05, 0.1) is 6.54 Å². The zero-order valence-electron chi connectivity index (χ0n) is 16.3. The molecule has 0 spiro atoms. The molecular formula is C21H26N4O3. The quantitative estimate of drug-likeness (QED) is 0.563. The maximum Gasteiger partial charge on any atom is 0.251 e. The highest BCUT2D eigenvalue weighted by Crippen LogP contribution is 2.14. The minimum Gasteiger partial charge on any atom is -0.376 e. The van der Waals surface area contributed by atoms with Crippen LogP contribution in [0.4, 0.5) is 17.1 Å². The van der Waals surface area contributed by atoms with E-state index in [1.54, 1.807) is 55.5 Å². The van der Waals surface area contributed by atoms with Crippen LogP contribution in [0.3, 0.4) is 0 Å². The van der Waals surface area contributed by atoms with Gasteiger partial charge < -0.3 is 21.3 Å². The molecule has 0 bridgehead atoms. The lowest BCUT2D eigenvalue weighted by atomic mass is 10.2. The van der Waals surface area contributed by atoms with Crippen molar-refractivity contribution in [3.05, 3.63) is 54.1 Å². The summed E-state index contributed by atoms with van der Waals surface area (Å²) in [5.41, 5.74) is 2.64. The second kappa shape index (κ2) is 10.1. The normalized spacial score (nSPS) is 10.3. The fourth-order valence-corrected chi connectivity index (χ4v) is 2.36. The third-order valence-corrected chi connectivity index (χ3v) is 3.79. The fraction of sp³-hybridized carbons (Fsp3) is 0.286. The summed E-state index contributed by atoms with van der Waals surface area (Å²) < 4.78 is 0. The average molecular weight is 382 g/mol. The van der Waals surface area contributed by atoms with Crippen LogP contribution in [0.5, 0.6) is 0 Å². The molecule has 28 heavy (non-hydrogen) atoms. The van der Waals surface area contributed by atoms with Gasteiger partial charge in [0.1, 0.15) is 0 Å². The first-order valence-electron chi connectivity index (χ1n) is 9.22. The Balaban J connectivity index is 1.82. The van der Waals surface area contributed by atoms with Gasteiger partial charge in [-0.15, -0.1) is 0 Å². The van der Waals surface area contributed by atoms with Crippen molar-refractivity contribution < 1.29 is 14.4 Å². The molecule has 0 atom stereocenters. The molecule has 0 radical (unpaired) electrons. The first-order chi connectivity index (χ1) is 13.4. The summed E-state index contributed by atoms with van der Waals surface area (Å²) in [4.78, 5) is 35.4. The number of amides is 3. The van der Waals surface area contributed by atoms with Crippen molar-refractivity contribution in [2.45, 2.75) is 33.2 Å². The monoisotopic (exact) mass is 382 g/mol. The van der Waals surface area contributed by atoms with Gasteiger partial charge in [0.2, 0.25) is 11.8 Å². The lowest BCUT2D eigenvalue weighted by Crippen LogP contribution is -2.30. The highest BCUT2D eigenvalue weighted by Gasteiger charge is 2.08. The van der Waals surface area contributed by atoms with Crippen LogP contribution in [0.2, 0.25) is 0 Å². The van der Waals surface area contributed by atoms with Crippen molar-refractivity contribution in [3.8, 4) is 0 Å². The van der Waals surface area contributed by atoms with Gasteiger partial charge in [-0.25, -0.2) is 0 Å². The van der Waals surface area contributed by atoms with Crippen molar-refractivity contribution in [3.63, 3.8) is 0 Å². The van der Waals surface area contributed by atoms with Gasteiger partial charge in [-0.05, 0) is 62.4 Å². The fourth-order valence-electron chi connectivity index (χ4n) is 2.36. The third-order valence-electron chi connectivity index (χ3n) is 3.79. The lowest BCUT2D eigenvalue weighted by Gasteiger charge is -2.10. The standard InChI is InChI=1S/C21H26N4O3/c1-4-19(26)24-18-11-9-16(10-12-18)22-13-20(27)25-17-7-5-15(6-8-17)21(28)23-14(2)3/h5-12,14,22H,4,13H2,1-3H3,(H,23,28)(H,24,26)(H,25,27). The molecule has 0 aliphatic carbocycles. The van der Waals surface area contributed by atoms with Gasteiger partial charge in [0.15, 0.2) is 0 Å². The van der Waals surface area contributed by atoms with Crippen LogP contribution < -0.4 is 21.3 Å².